The van der Waals surface area contributed by atoms with E-state index in [1.165, 1.54) is 18.2 Å². The highest BCUT2D eigenvalue weighted by atomic mass is 16.5. The van der Waals surface area contributed by atoms with Crippen molar-refractivity contribution in [2.24, 2.45) is 5.41 Å². The molecule has 0 saturated carbocycles. The number of ketones is 2. The third-order valence-electron chi connectivity index (χ3n) is 5.13. The molecule has 0 unspecified atom stereocenters. The molecule has 0 spiro atoms. The number of anilines is 1. The Labute approximate surface area is 156 Å². The van der Waals surface area contributed by atoms with Gasteiger partial charge in [0.1, 0.15) is 11.5 Å². The number of aromatic hydroxyl groups is 1. The summed E-state index contributed by atoms with van der Waals surface area (Å²) in [5.74, 6) is -1.34. The van der Waals surface area contributed by atoms with Crippen molar-refractivity contribution in [3.05, 3.63) is 52.6 Å². The minimum atomic E-state index is -0.885. The highest BCUT2D eigenvalue weighted by Gasteiger charge is 2.36. The molecule has 142 valence electrons. The molecule has 1 aliphatic rings. The van der Waals surface area contributed by atoms with Crippen molar-refractivity contribution in [3.63, 3.8) is 0 Å². The van der Waals surface area contributed by atoms with Gasteiger partial charge in [-0.3, -0.25) is 9.59 Å². The summed E-state index contributed by atoms with van der Waals surface area (Å²) in [7, 11) is 0. The highest BCUT2D eigenvalue weighted by Crippen LogP contribution is 2.41. The largest absolute Gasteiger partial charge is 0.507 e. The number of phenolic OH excluding ortho intramolecular Hbond substituents is 1. The van der Waals surface area contributed by atoms with E-state index in [0.717, 1.165) is 0 Å². The fourth-order valence-electron chi connectivity index (χ4n) is 3.09. The fraction of sp³-hybridized carbons (Fsp3) is 0.300. The smallest absolute Gasteiger partial charge is 0.198 e. The van der Waals surface area contributed by atoms with Crippen LogP contribution in [0.15, 0.2) is 30.3 Å². The number of carbonyl (C=O) groups is 2. The Hall–Kier alpha value is -2.90. The van der Waals surface area contributed by atoms with Gasteiger partial charge in [-0.25, -0.2) is 0 Å². The molecule has 3 rings (SSSR count). The van der Waals surface area contributed by atoms with Crippen molar-refractivity contribution in [2.45, 2.75) is 13.3 Å². The molecule has 2 aromatic rings. The van der Waals surface area contributed by atoms with Crippen molar-refractivity contribution >= 4 is 17.3 Å². The van der Waals surface area contributed by atoms with E-state index in [1.807, 2.05) is 0 Å². The van der Waals surface area contributed by atoms with Gasteiger partial charge in [-0.1, -0.05) is 31.2 Å². The first-order valence-electron chi connectivity index (χ1n) is 8.57. The molecular formula is C20H21NO6. The maximum absolute atomic E-state index is 12.9. The maximum atomic E-state index is 12.9. The zero-order valence-corrected chi connectivity index (χ0v) is 14.9. The second kappa shape index (κ2) is 7.02. The summed E-state index contributed by atoms with van der Waals surface area (Å²) < 4.78 is 5.62. The maximum Gasteiger partial charge on any atom is 0.198 e. The van der Waals surface area contributed by atoms with E-state index in [9.17, 15) is 24.9 Å². The summed E-state index contributed by atoms with van der Waals surface area (Å²) in [6.45, 7) is 1.11. The van der Waals surface area contributed by atoms with Crippen LogP contribution in [0.3, 0.4) is 0 Å². The second-order valence-corrected chi connectivity index (χ2v) is 6.72. The zero-order valence-electron chi connectivity index (χ0n) is 14.9. The van der Waals surface area contributed by atoms with Crippen LogP contribution in [0.25, 0.3) is 0 Å². The Morgan fingerprint density at radius 2 is 1.59 bits per heavy atom. The van der Waals surface area contributed by atoms with Crippen LogP contribution in [0.4, 0.5) is 5.69 Å². The molecule has 7 nitrogen and oxygen atoms in total. The van der Waals surface area contributed by atoms with Crippen LogP contribution in [0.5, 0.6) is 11.5 Å². The number of hydrogen-bond donors (Lipinski definition) is 4. The minimum absolute atomic E-state index is 0.0199. The molecule has 7 heteroatoms. The quantitative estimate of drug-likeness (QED) is 0.382. The molecule has 0 amide bonds. The summed E-state index contributed by atoms with van der Waals surface area (Å²) in [4.78, 5) is 25.6. The lowest BCUT2D eigenvalue weighted by Crippen LogP contribution is -2.36. The molecule has 0 fully saturated rings. The van der Waals surface area contributed by atoms with Gasteiger partial charge in [-0.15, -0.1) is 0 Å². The van der Waals surface area contributed by atoms with Crippen LogP contribution in [-0.4, -0.2) is 46.7 Å². The molecule has 0 heterocycles. The molecule has 1 aliphatic carbocycles. The van der Waals surface area contributed by atoms with Gasteiger partial charge < -0.3 is 25.8 Å². The first kappa shape index (κ1) is 18.9. The number of aliphatic hydroxyl groups is 2. The average Bonchev–Trinajstić information content (AvgIpc) is 2.69. The van der Waals surface area contributed by atoms with Gasteiger partial charge in [-0.2, -0.15) is 0 Å². The Balaban J connectivity index is 2.06. The third kappa shape index (κ3) is 2.94. The molecule has 0 saturated heterocycles. The number of aliphatic hydroxyl groups excluding tert-OH is 2. The fourth-order valence-corrected chi connectivity index (χ4v) is 3.09. The second-order valence-electron chi connectivity index (χ2n) is 6.72. The number of phenols is 1. The van der Waals surface area contributed by atoms with Crippen molar-refractivity contribution in [1.29, 1.82) is 0 Å². The third-order valence-corrected chi connectivity index (χ3v) is 5.13. The number of hydrogen-bond acceptors (Lipinski definition) is 7. The molecule has 0 radical (unpaired) electrons. The SMILES string of the molecule is CCC(CO)(CO)COc1cc(O)c2c(c1N)C(=O)c1ccccc1C2=O. The normalized spacial score (nSPS) is 13.3. The lowest BCUT2D eigenvalue weighted by atomic mass is 9.82. The molecule has 0 atom stereocenters. The average molecular weight is 371 g/mol. The zero-order chi connectivity index (χ0) is 19.8. The summed E-state index contributed by atoms with van der Waals surface area (Å²) in [5, 5.41) is 29.4. The first-order valence-corrected chi connectivity index (χ1v) is 8.57. The van der Waals surface area contributed by atoms with Crippen LogP contribution in [0.1, 0.15) is 45.2 Å². The number of nitrogen functional groups attached to an aromatic ring is 1. The predicted molar refractivity (Wildman–Crippen MR) is 98.2 cm³/mol. The lowest BCUT2D eigenvalue weighted by molar-refractivity contribution is 0.0116. The topological polar surface area (TPSA) is 130 Å². The number of benzene rings is 2. The van der Waals surface area contributed by atoms with Crippen LogP contribution in [-0.2, 0) is 0 Å². The summed E-state index contributed by atoms with van der Waals surface area (Å²) in [6, 6.07) is 7.52. The van der Waals surface area contributed by atoms with Crippen molar-refractivity contribution in [2.75, 3.05) is 25.6 Å². The van der Waals surface area contributed by atoms with Crippen molar-refractivity contribution in [3.8, 4) is 11.5 Å². The Morgan fingerprint density at radius 3 is 2.11 bits per heavy atom. The number of nitrogens with two attached hydrogens (primary N) is 1. The van der Waals surface area contributed by atoms with E-state index < -0.39 is 22.7 Å². The van der Waals surface area contributed by atoms with E-state index in [1.54, 1.807) is 19.1 Å². The van der Waals surface area contributed by atoms with E-state index in [2.05, 4.69) is 0 Å². The Kier molecular flexibility index (Phi) is 4.91. The van der Waals surface area contributed by atoms with E-state index in [0.29, 0.717) is 6.42 Å². The van der Waals surface area contributed by atoms with Crippen molar-refractivity contribution in [1.82, 2.24) is 0 Å². The summed E-state index contributed by atoms with van der Waals surface area (Å²) in [5.41, 5.74) is 5.35. The van der Waals surface area contributed by atoms with Gasteiger partial charge in [0.15, 0.2) is 11.6 Å². The Morgan fingerprint density at radius 1 is 1.04 bits per heavy atom. The van der Waals surface area contributed by atoms with Crippen LogP contribution in [0.2, 0.25) is 0 Å². The number of fused-ring (bicyclic) bond motifs is 2. The van der Waals surface area contributed by atoms with Gasteiger partial charge in [0.2, 0.25) is 0 Å². The monoisotopic (exact) mass is 371 g/mol. The molecule has 0 aromatic heterocycles. The molecule has 27 heavy (non-hydrogen) atoms. The first-order chi connectivity index (χ1) is 12.9. The van der Waals surface area contributed by atoms with Crippen LogP contribution < -0.4 is 10.5 Å². The summed E-state index contributed by atoms with van der Waals surface area (Å²) >= 11 is 0. The molecule has 0 aliphatic heterocycles. The number of carbonyl (C=O) groups excluding carboxylic acids is 2. The lowest BCUT2D eigenvalue weighted by Gasteiger charge is -2.29. The Bertz CT molecular complexity index is 909. The van der Waals surface area contributed by atoms with Gasteiger partial charge in [-0.05, 0) is 6.42 Å². The number of rotatable bonds is 6. The molecule has 2 aromatic carbocycles. The van der Waals surface area contributed by atoms with Crippen LogP contribution in [0, 0.1) is 5.41 Å². The summed E-state index contributed by atoms with van der Waals surface area (Å²) in [6.07, 6.45) is 0.446. The standard InChI is InChI=1S/C20H21NO6/c1-2-20(8-22,9-23)10-27-14-7-13(24)15-16(17(14)21)19(26)12-6-4-3-5-11(12)18(15)25/h3-7,22-24H,2,8-10,21H2,1H3. The van der Waals surface area contributed by atoms with Crippen molar-refractivity contribution < 1.29 is 29.6 Å². The van der Waals surface area contributed by atoms with Gasteiger partial charge in [0.05, 0.1) is 42.0 Å². The van der Waals surface area contributed by atoms with Gasteiger partial charge in [0.25, 0.3) is 0 Å². The van der Waals surface area contributed by atoms with E-state index in [4.69, 9.17) is 10.5 Å². The predicted octanol–water partition coefficient (Wildman–Crippen LogP) is 1.51. The van der Waals surface area contributed by atoms with E-state index >= 15 is 0 Å². The molecular weight excluding hydrogens is 350 g/mol. The minimum Gasteiger partial charge on any atom is -0.507 e. The highest BCUT2D eigenvalue weighted by molar-refractivity contribution is 6.31. The molecule has 0 bridgehead atoms. The number of ether oxygens (including phenoxy) is 1. The molecule has 5 N–H and O–H groups in total. The van der Waals surface area contributed by atoms with Gasteiger partial charge >= 0.3 is 0 Å². The van der Waals surface area contributed by atoms with Crippen LogP contribution >= 0.6 is 0 Å². The van der Waals surface area contributed by atoms with Gasteiger partial charge in [0, 0.05) is 17.2 Å². The van der Waals surface area contributed by atoms with E-state index in [-0.39, 0.29) is 53.5 Å².